The Kier molecular flexibility index (Phi) is 7.74. The third-order valence-corrected chi connectivity index (χ3v) is 3.41. The minimum absolute atomic E-state index is 0.00166. The fraction of sp³-hybridized carbons (Fsp3) is 0.471. The number of hydrogen-bond donors (Lipinski definition) is 1. The monoisotopic (exact) mass is 337 g/mol. The van der Waals surface area contributed by atoms with E-state index in [0.717, 1.165) is 19.3 Å². The maximum absolute atomic E-state index is 12.2. The highest BCUT2D eigenvalue weighted by molar-refractivity contribution is 6.66. The van der Waals surface area contributed by atoms with E-state index in [2.05, 4.69) is 5.32 Å². The third kappa shape index (κ3) is 4.71. The van der Waals surface area contributed by atoms with Crippen molar-refractivity contribution in [1.82, 2.24) is 5.32 Å². The number of hydrogen-bond acceptors (Lipinski definition) is 6. The molecule has 0 saturated carbocycles. The Labute approximate surface area is 141 Å². The van der Waals surface area contributed by atoms with Gasteiger partial charge in [-0.2, -0.15) is 0 Å². The lowest BCUT2D eigenvalue weighted by Crippen LogP contribution is -2.36. The molecule has 7 heteroatoms. The van der Waals surface area contributed by atoms with Crippen LogP contribution >= 0.6 is 0 Å². The van der Waals surface area contributed by atoms with Crippen LogP contribution in [0.5, 0.6) is 17.2 Å². The molecule has 0 unspecified atom stereocenters. The van der Waals surface area contributed by atoms with E-state index in [0.29, 0.717) is 12.3 Å². The Morgan fingerprint density at radius 1 is 0.958 bits per heavy atom. The highest BCUT2D eigenvalue weighted by atomic mass is 16.5. The van der Waals surface area contributed by atoms with Gasteiger partial charge in [-0.25, -0.2) is 0 Å². The summed E-state index contributed by atoms with van der Waals surface area (Å²) < 4.78 is 15.4. The number of amides is 1. The zero-order valence-electron chi connectivity index (χ0n) is 14.4. The van der Waals surface area contributed by atoms with Crippen LogP contribution in [0, 0.1) is 0 Å². The molecule has 132 valence electrons. The summed E-state index contributed by atoms with van der Waals surface area (Å²) in [5.41, 5.74) is -0.00166. The molecule has 1 rings (SSSR count). The maximum Gasteiger partial charge on any atom is 0.295 e. The number of rotatable bonds is 10. The standard InChI is InChI=1S/C17H23NO6/c1-5-6-7-8-18-17(21)15(20)14(19)11-9-12(22-2)16(24-4)13(10-11)23-3/h9-10H,5-8H2,1-4H3,(H,18,21). The predicted molar refractivity (Wildman–Crippen MR) is 88.0 cm³/mol. The van der Waals surface area contributed by atoms with E-state index in [9.17, 15) is 14.4 Å². The van der Waals surface area contributed by atoms with E-state index in [1.807, 2.05) is 6.92 Å². The number of carbonyl (C=O) groups excluding carboxylic acids is 3. The molecule has 0 fully saturated rings. The summed E-state index contributed by atoms with van der Waals surface area (Å²) in [6.07, 6.45) is 2.69. The van der Waals surface area contributed by atoms with Crippen LogP contribution < -0.4 is 19.5 Å². The summed E-state index contributed by atoms with van der Waals surface area (Å²) in [5.74, 6) is -2.20. The molecular formula is C17H23NO6. The molecule has 0 aliphatic carbocycles. The zero-order valence-corrected chi connectivity index (χ0v) is 14.4. The van der Waals surface area contributed by atoms with E-state index in [4.69, 9.17) is 14.2 Å². The minimum Gasteiger partial charge on any atom is -0.493 e. The van der Waals surface area contributed by atoms with E-state index < -0.39 is 17.5 Å². The Hall–Kier alpha value is -2.57. The van der Waals surface area contributed by atoms with E-state index in [-0.39, 0.29) is 17.1 Å². The molecule has 24 heavy (non-hydrogen) atoms. The van der Waals surface area contributed by atoms with Crippen molar-refractivity contribution >= 4 is 17.5 Å². The summed E-state index contributed by atoms with van der Waals surface area (Å²) in [6.45, 7) is 2.39. The lowest BCUT2D eigenvalue weighted by atomic mass is 10.1. The average Bonchev–Trinajstić information content (AvgIpc) is 2.62. The van der Waals surface area contributed by atoms with Crippen LogP contribution in [0.3, 0.4) is 0 Å². The molecule has 1 aromatic rings. The fourth-order valence-electron chi connectivity index (χ4n) is 2.10. The number of benzene rings is 1. The third-order valence-electron chi connectivity index (χ3n) is 3.41. The second-order valence-corrected chi connectivity index (χ2v) is 5.04. The van der Waals surface area contributed by atoms with E-state index in [1.54, 1.807) is 0 Å². The number of methoxy groups -OCH3 is 3. The number of carbonyl (C=O) groups is 3. The van der Waals surface area contributed by atoms with Crippen molar-refractivity contribution < 1.29 is 28.6 Å². The second-order valence-electron chi connectivity index (χ2n) is 5.04. The van der Waals surface area contributed by atoms with E-state index in [1.165, 1.54) is 33.5 Å². The Morgan fingerprint density at radius 2 is 1.54 bits per heavy atom. The molecular weight excluding hydrogens is 314 g/mol. The van der Waals surface area contributed by atoms with Gasteiger partial charge in [0.2, 0.25) is 11.5 Å². The number of nitrogens with one attached hydrogen (secondary N) is 1. The van der Waals surface area contributed by atoms with Gasteiger partial charge in [-0.15, -0.1) is 0 Å². The van der Waals surface area contributed by atoms with Gasteiger partial charge >= 0.3 is 0 Å². The first-order chi connectivity index (χ1) is 11.5. The van der Waals surface area contributed by atoms with Crippen molar-refractivity contribution in [2.45, 2.75) is 26.2 Å². The lowest BCUT2D eigenvalue weighted by Gasteiger charge is -2.13. The first-order valence-electron chi connectivity index (χ1n) is 7.66. The van der Waals surface area contributed by atoms with Crippen molar-refractivity contribution in [3.8, 4) is 17.2 Å². The normalized spacial score (nSPS) is 10.0. The van der Waals surface area contributed by atoms with Gasteiger partial charge in [-0.05, 0) is 18.6 Å². The van der Waals surface area contributed by atoms with Crippen LogP contribution in [0.25, 0.3) is 0 Å². The topological polar surface area (TPSA) is 90.9 Å². The van der Waals surface area contributed by atoms with Crippen LogP contribution in [0.1, 0.15) is 36.5 Å². The molecule has 1 amide bonds. The molecule has 0 bridgehead atoms. The Morgan fingerprint density at radius 3 is 2.00 bits per heavy atom. The van der Waals surface area contributed by atoms with Crippen LogP contribution in [-0.2, 0) is 9.59 Å². The van der Waals surface area contributed by atoms with Gasteiger partial charge in [-0.1, -0.05) is 19.8 Å². The van der Waals surface area contributed by atoms with Gasteiger partial charge in [0, 0.05) is 12.1 Å². The number of ketones is 2. The van der Waals surface area contributed by atoms with Crippen LogP contribution in [-0.4, -0.2) is 45.3 Å². The van der Waals surface area contributed by atoms with Crippen molar-refractivity contribution in [3.63, 3.8) is 0 Å². The summed E-state index contributed by atoms with van der Waals surface area (Å²) in [4.78, 5) is 36.0. The molecule has 0 radical (unpaired) electrons. The fourth-order valence-corrected chi connectivity index (χ4v) is 2.10. The molecule has 0 atom stereocenters. The maximum atomic E-state index is 12.2. The first-order valence-corrected chi connectivity index (χ1v) is 7.66. The SMILES string of the molecule is CCCCCNC(=O)C(=O)C(=O)c1cc(OC)c(OC)c(OC)c1. The van der Waals surface area contributed by atoms with Gasteiger partial charge in [-0.3, -0.25) is 14.4 Å². The van der Waals surface area contributed by atoms with Crippen LogP contribution in [0.4, 0.5) is 0 Å². The molecule has 7 nitrogen and oxygen atoms in total. The quantitative estimate of drug-likeness (QED) is 0.303. The molecule has 0 aliphatic rings. The van der Waals surface area contributed by atoms with Crippen molar-refractivity contribution in [1.29, 1.82) is 0 Å². The van der Waals surface area contributed by atoms with Crippen molar-refractivity contribution in [3.05, 3.63) is 17.7 Å². The summed E-state index contributed by atoms with van der Waals surface area (Å²) in [7, 11) is 4.22. The number of Topliss-reactive ketones (excluding diaryl/α,β-unsaturated/α-hetero) is 2. The largest absolute Gasteiger partial charge is 0.493 e. The smallest absolute Gasteiger partial charge is 0.295 e. The van der Waals surface area contributed by atoms with Gasteiger partial charge < -0.3 is 19.5 Å². The molecule has 0 saturated heterocycles. The van der Waals surface area contributed by atoms with Gasteiger partial charge in [0.15, 0.2) is 11.5 Å². The Balaban J connectivity index is 2.94. The predicted octanol–water partition coefficient (Wildman–Crippen LogP) is 1.77. The first kappa shape index (κ1) is 19.5. The van der Waals surface area contributed by atoms with Gasteiger partial charge in [0.1, 0.15) is 0 Å². The van der Waals surface area contributed by atoms with Gasteiger partial charge in [0.05, 0.1) is 21.3 Å². The zero-order chi connectivity index (χ0) is 18.1. The molecule has 0 aliphatic heterocycles. The average molecular weight is 337 g/mol. The highest BCUT2D eigenvalue weighted by Crippen LogP contribution is 2.38. The van der Waals surface area contributed by atoms with Gasteiger partial charge in [0.25, 0.3) is 11.7 Å². The molecule has 0 spiro atoms. The van der Waals surface area contributed by atoms with E-state index >= 15 is 0 Å². The van der Waals surface area contributed by atoms with Crippen molar-refractivity contribution in [2.75, 3.05) is 27.9 Å². The van der Waals surface area contributed by atoms with Crippen LogP contribution in [0.15, 0.2) is 12.1 Å². The summed E-state index contributed by atoms with van der Waals surface area (Å²) >= 11 is 0. The molecule has 0 heterocycles. The lowest BCUT2D eigenvalue weighted by molar-refractivity contribution is -0.135. The number of ether oxygens (including phenoxy) is 3. The summed E-state index contributed by atoms with van der Waals surface area (Å²) in [5, 5.41) is 2.45. The molecule has 0 aromatic heterocycles. The van der Waals surface area contributed by atoms with Crippen molar-refractivity contribution in [2.24, 2.45) is 0 Å². The second kappa shape index (κ2) is 9.54. The molecule has 1 aromatic carbocycles. The Bertz CT molecular complexity index is 586. The highest BCUT2D eigenvalue weighted by Gasteiger charge is 2.26. The summed E-state index contributed by atoms with van der Waals surface area (Å²) in [6, 6.07) is 2.68. The number of unbranched alkanes of at least 4 members (excludes halogenated alkanes) is 2. The molecule has 1 N–H and O–H groups in total. The minimum atomic E-state index is -1.12. The van der Waals surface area contributed by atoms with Crippen LogP contribution in [0.2, 0.25) is 0 Å².